The Morgan fingerprint density at radius 3 is 2.33 bits per heavy atom. The van der Waals surface area contributed by atoms with E-state index in [0.717, 1.165) is 11.1 Å². The van der Waals surface area contributed by atoms with Gasteiger partial charge in [0.15, 0.2) is 0 Å². The molecule has 3 aromatic carbocycles. The molecule has 0 radical (unpaired) electrons. The zero-order valence-electron chi connectivity index (χ0n) is 18.1. The zero-order chi connectivity index (χ0) is 23.8. The molecule has 1 atom stereocenters. The highest BCUT2D eigenvalue weighted by atomic mass is 35.5. The van der Waals surface area contributed by atoms with Gasteiger partial charge in [0, 0.05) is 36.7 Å². The van der Waals surface area contributed by atoms with Crippen molar-refractivity contribution in [2.45, 2.75) is 25.4 Å². The molecule has 3 rings (SSSR count). The number of rotatable bonds is 9. The number of para-hydroxylation sites is 1. The fourth-order valence-corrected chi connectivity index (χ4v) is 3.87. The van der Waals surface area contributed by atoms with Gasteiger partial charge in [-0.2, -0.15) is 0 Å². The van der Waals surface area contributed by atoms with Gasteiger partial charge >= 0.3 is 0 Å². The predicted octanol–water partition coefficient (Wildman–Crippen LogP) is 4.18. The van der Waals surface area contributed by atoms with Crippen LogP contribution in [-0.4, -0.2) is 34.7 Å². The molecule has 0 saturated carbocycles. The highest BCUT2D eigenvalue weighted by Crippen LogP contribution is 2.22. The Kier molecular flexibility index (Phi) is 8.16. The Labute approximate surface area is 197 Å². The maximum Gasteiger partial charge on any atom is 0.273 e. The van der Waals surface area contributed by atoms with E-state index in [1.165, 1.54) is 18.0 Å². The summed E-state index contributed by atoms with van der Waals surface area (Å²) in [5.41, 5.74) is 1.80. The van der Waals surface area contributed by atoms with Gasteiger partial charge in [0.1, 0.15) is 6.04 Å². The first-order valence-electron chi connectivity index (χ1n) is 10.4. The molecule has 0 spiro atoms. The number of carbonyl (C=O) groups excluding carboxylic acids is 2. The van der Waals surface area contributed by atoms with Gasteiger partial charge in [-0.05, 0) is 23.3 Å². The Bertz CT molecular complexity index is 1140. The highest BCUT2D eigenvalue weighted by molar-refractivity contribution is 6.30. The van der Waals surface area contributed by atoms with Gasteiger partial charge in [-0.25, -0.2) is 0 Å². The summed E-state index contributed by atoms with van der Waals surface area (Å²) >= 11 is 6.13. The molecule has 1 N–H and O–H groups in total. The number of amides is 2. The monoisotopic (exact) mass is 465 g/mol. The number of benzene rings is 3. The molecular weight excluding hydrogens is 442 g/mol. The Morgan fingerprint density at radius 1 is 1.00 bits per heavy atom. The second-order valence-electron chi connectivity index (χ2n) is 7.53. The molecule has 33 heavy (non-hydrogen) atoms. The van der Waals surface area contributed by atoms with E-state index in [9.17, 15) is 19.7 Å². The van der Waals surface area contributed by atoms with E-state index in [4.69, 9.17) is 11.6 Å². The van der Waals surface area contributed by atoms with Crippen molar-refractivity contribution in [2.75, 3.05) is 7.05 Å². The first-order valence-corrected chi connectivity index (χ1v) is 10.8. The van der Waals surface area contributed by atoms with Crippen LogP contribution < -0.4 is 5.32 Å². The van der Waals surface area contributed by atoms with Gasteiger partial charge in [0.25, 0.3) is 5.69 Å². The molecule has 0 aliphatic carbocycles. The van der Waals surface area contributed by atoms with E-state index < -0.39 is 16.9 Å². The number of nitrogens with one attached hydrogen (secondary N) is 1. The Morgan fingerprint density at radius 2 is 1.67 bits per heavy atom. The summed E-state index contributed by atoms with van der Waals surface area (Å²) in [7, 11) is 1.52. The van der Waals surface area contributed by atoms with Crippen LogP contribution in [0, 0.1) is 10.1 Å². The summed E-state index contributed by atoms with van der Waals surface area (Å²) in [5.74, 6) is -0.717. The maximum atomic E-state index is 13.5. The van der Waals surface area contributed by atoms with Crippen LogP contribution in [-0.2, 0) is 29.0 Å². The van der Waals surface area contributed by atoms with Crippen LogP contribution in [0.25, 0.3) is 0 Å². The molecule has 0 fully saturated rings. The second-order valence-corrected chi connectivity index (χ2v) is 7.97. The molecule has 170 valence electrons. The summed E-state index contributed by atoms with van der Waals surface area (Å²) in [6.07, 6.45) is 0.0870. The van der Waals surface area contributed by atoms with Crippen LogP contribution in [0.5, 0.6) is 0 Å². The third-order valence-electron chi connectivity index (χ3n) is 5.29. The first kappa shape index (κ1) is 23.9. The second kappa shape index (κ2) is 11.2. The lowest BCUT2D eigenvalue weighted by molar-refractivity contribution is -0.385. The predicted molar refractivity (Wildman–Crippen MR) is 127 cm³/mol. The van der Waals surface area contributed by atoms with Crippen molar-refractivity contribution >= 4 is 29.1 Å². The molecule has 8 heteroatoms. The van der Waals surface area contributed by atoms with Crippen LogP contribution in [0.2, 0.25) is 5.02 Å². The van der Waals surface area contributed by atoms with Crippen molar-refractivity contribution in [3.63, 3.8) is 0 Å². The molecule has 0 aliphatic heterocycles. The number of hydrogen-bond acceptors (Lipinski definition) is 4. The summed E-state index contributed by atoms with van der Waals surface area (Å²) in [6.45, 7) is 0.130. The van der Waals surface area contributed by atoms with E-state index in [0.29, 0.717) is 17.0 Å². The molecular formula is C25H24ClN3O4. The van der Waals surface area contributed by atoms with Crippen molar-refractivity contribution in [3.05, 3.63) is 111 Å². The molecule has 7 nitrogen and oxygen atoms in total. The SMILES string of the molecule is CNC(=O)[C@H](Cc1ccccc1)N(Cc1cccc(Cl)c1)C(=O)Cc1ccccc1[N+](=O)[O-]. The van der Waals surface area contributed by atoms with E-state index in [1.54, 1.807) is 36.4 Å². The molecule has 0 saturated heterocycles. The molecule has 3 aromatic rings. The standard InChI is InChI=1S/C25H24ClN3O4/c1-27-25(31)23(15-18-8-3-2-4-9-18)28(17-19-10-7-12-21(26)14-19)24(30)16-20-11-5-6-13-22(20)29(32)33/h2-14,23H,15-17H2,1H3,(H,27,31)/t23-/m0/s1. The zero-order valence-corrected chi connectivity index (χ0v) is 18.9. The van der Waals surface area contributed by atoms with Crippen molar-refractivity contribution in [2.24, 2.45) is 0 Å². The molecule has 2 amide bonds. The van der Waals surface area contributed by atoms with Crippen molar-refractivity contribution in [1.29, 1.82) is 0 Å². The normalized spacial score (nSPS) is 11.5. The number of likely N-dealkylation sites (N-methyl/N-ethyl adjacent to an activating group) is 1. The largest absolute Gasteiger partial charge is 0.357 e. The fourth-order valence-electron chi connectivity index (χ4n) is 3.66. The smallest absolute Gasteiger partial charge is 0.273 e. The summed E-state index contributed by atoms with van der Waals surface area (Å²) in [6, 6.07) is 21.8. The number of hydrogen-bond donors (Lipinski definition) is 1. The third kappa shape index (κ3) is 6.40. The Balaban J connectivity index is 1.98. The minimum absolute atomic E-state index is 0.130. The van der Waals surface area contributed by atoms with Crippen molar-refractivity contribution < 1.29 is 14.5 Å². The topological polar surface area (TPSA) is 92.6 Å². The fraction of sp³-hybridized carbons (Fsp3) is 0.200. The summed E-state index contributed by atoms with van der Waals surface area (Å²) in [5, 5.41) is 14.6. The lowest BCUT2D eigenvalue weighted by Gasteiger charge is -2.31. The van der Waals surface area contributed by atoms with E-state index in [-0.39, 0.29) is 24.6 Å². The van der Waals surface area contributed by atoms with Gasteiger partial charge in [-0.3, -0.25) is 19.7 Å². The van der Waals surface area contributed by atoms with E-state index in [2.05, 4.69) is 5.32 Å². The average molecular weight is 466 g/mol. The molecule has 0 heterocycles. The quantitative estimate of drug-likeness (QED) is 0.379. The van der Waals surface area contributed by atoms with Gasteiger partial charge in [0.2, 0.25) is 11.8 Å². The molecule has 0 aliphatic rings. The number of nitro groups is 1. The van der Waals surface area contributed by atoms with Gasteiger partial charge in [0.05, 0.1) is 11.3 Å². The highest BCUT2D eigenvalue weighted by Gasteiger charge is 2.31. The minimum Gasteiger partial charge on any atom is -0.357 e. The van der Waals surface area contributed by atoms with E-state index >= 15 is 0 Å². The first-order chi connectivity index (χ1) is 15.9. The summed E-state index contributed by atoms with van der Waals surface area (Å²) in [4.78, 5) is 38.8. The molecule has 0 aromatic heterocycles. The van der Waals surface area contributed by atoms with Crippen LogP contribution in [0.4, 0.5) is 5.69 Å². The third-order valence-corrected chi connectivity index (χ3v) is 5.52. The number of nitrogens with zero attached hydrogens (tertiary/aromatic N) is 2. The van der Waals surface area contributed by atoms with Crippen molar-refractivity contribution in [1.82, 2.24) is 10.2 Å². The lowest BCUT2D eigenvalue weighted by Crippen LogP contribution is -2.50. The summed E-state index contributed by atoms with van der Waals surface area (Å²) < 4.78 is 0. The number of nitro benzene ring substituents is 1. The van der Waals surface area contributed by atoms with Gasteiger partial charge in [-0.1, -0.05) is 72.3 Å². The van der Waals surface area contributed by atoms with Crippen LogP contribution in [0.1, 0.15) is 16.7 Å². The van der Waals surface area contributed by atoms with E-state index in [1.807, 2.05) is 36.4 Å². The number of halogens is 1. The number of carbonyl (C=O) groups is 2. The molecule has 0 bridgehead atoms. The Hall–Kier alpha value is -3.71. The van der Waals surface area contributed by atoms with Crippen LogP contribution in [0.15, 0.2) is 78.9 Å². The maximum absolute atomic E-state index is 13.5. The van der Waals surface area contributed by atoms with Crippen molar-refractivity contribution in [3.8, 4) is 0 Å². The average Bonchev–Trinajstić information content (AvgIpc) is 2.81. The minimum atomic E-state index is -0.813. The van der Waals surface area contributed by atoms with Crippen LogP contribution in [0.3, 0.4) is 0 Å². The van der Waals surface area contributed by atoms with Gasteiger partial charge in [-0.15, -0.1) is 0 Å². The van der Waals surface area contributed by atoms with Crippen LogP contribution >= 0.6 is 11.6 Å². The lowest BCUT2D eigenvalue weighted by atomic mass is 10.0. The van der Waals surface area contributed by atoms with Gasteiger partial charge < -0.3 is 10.2 Å². The molecule has 0 unspecified atom stereocenters.